The van der Waals surface area contributed by atoms with Crippen molar-refractivity contribution in [1.29, 1.82) is 0 Å². The lowest BCUT2D eigenvalue weighted by Crippen LogP contribution is -2.41. The van der Waals surface area contributed by atoms with Gasteiger partial charge in [-0.3, -0.25) is 0 Å². The molecule has 2 heterocycles. The Morgan fingerprint density at radius 3 is 2.43 bits per heavy atom. The third kappa shape index (κ3) is 5.73. The van der Waals surface area contributed by atoms with Crippen molar-refractivity contribution >= 4 is 17.4 Å². The number of nitrogens with one attached hydrogen (secondary N) is 2. The third-order valence-corrected chi connectivity index (χ3v) is 5.20. The minimum atomic E-state index is -0.149. The Bertz CT molecular complexity index is 516. The van der Waals surface area contributed by atoms with Gasteiger partial charge >= 0.3 is 6.03 Å². The van der Waals surface area contributed by atoms with Crippen molar-refractivity contribution in [1.82, 2.24) is 20.8 Å². The summed E-state index contributed by atoms with van der Waals surface area (Å²) in [4.78, 5) is 11.9. The Morgan fingerprint density at radius 2 is 1.87 bits per heavy atom. The average molecular weight is 340 g/mol. The van der Waals surface area contributed by atoms with E-state index in [9.17, 15) is 4.79 Å². The van der Waals surface area contributed by atoms with Crippen molar-refractivity contribution < 1.29 is 9.53 Å². The van der Waals surface area contributed by atoms with Crippen LogP contribution in [0.15, 0.2) is 0 Å². The van der Waals surface area contributed by atoms with Gasteiger partial charge in [0.2, 0.25) is 0 Å². The quantitative estimate of drug-likeness (QED) is 0.884. The highest BCUT2D eigenvalue weighted by Gasteiger charge is 2.24. The van der Waals surface area contributed by atoms with Crippen molar-refractivity contribution in [2.24, 2.45) is 5.92 Å². The van der Waals surface area contributed by atoms with E-state index in [-0.39, 0.29) is 23.7 Å². The van der Waals surface area contributed by atoms with Crippen LogP contribution in [0, 0.1) is 5.92 Å². The summed E-state index contributed by atoms with van der Waals surface area (Å²) in [5, 5.41) is 15.9. The third-order valence-electron chi connectivity index (χ3n) is 3.86. The van der Waals surface area contributed by atoms with Gasteiger partial charge in [0.15, 0.2) is 0 Å². The van der Waals surface area contributed by atoms with Crippen LogP contribution in [-0.4, -0.2) is 35.0 Å². The zero-order chi connectivity index (χ0) is 17.0. The van der Waals surface area contributed by atoms with Crippen LogP contribution in [0.3, 0.4) is 0 Å². The molecule has 1 fully saturated rings. The number of aromatic nitrogens is 2. The molecule has 1 aliphatic rings. The van der Waals surface area contributed by atoms with Gasteiger partial charge in [-0.15, -0.1) is 10.2 Å². The molecule has 0 radical (unpaired) electrons. The molecule has 23 heavy (non-hydrogen) atoms. The van der Waals surface area contributed by atoms with E-state index in [2.05, 4.69) is 55.4 Å². The molecule has 1 aromatic rings. The van der Waals surface area contributed by atoms with Crippen molar-refractivity contribution in [2.45, 2.75) is 71.6 Å². The van der Waals surface area contributed by atoms with Gasteiger partial charge in [-0.25, -0.2) is 4.79 Å². The van der Waals surface area contributed by atoms with Gasteiger partial charge in [0.25, 0.3) is 0 Å². The molecule has 6 nitrogen and oxygen atoms in total. The van der Waals surface area contributed by atoms with E-state index in [1.54, 1.807) is 11.3 Å². The second-order valence-electron chi connectivity index (χ2n) is 7.41. The van der Waals surface area contributed by atoms with Crippen LogP contribution in [0.5, 0.6) is 0 Å². The predicted octanol–water partition coefficient (Wildman–Crippen LogP) is 2.84. The zero-order valence-electron chi connectivity index (χ0n) is 14.7. The van der Waals surface area contributed by atoms with Gasteiger partial charge in [0.05, 0.1) is 18.8 Å². The van der Waals surface area contributed by atoms with Crippen molar-refractivity contribution in [3.63, 3.8) is 0 Å². The smallest absolute Gasteiger partial charge is 0.315 e. The maximum atomic E-state index is 11.9. The first-order chi connectivity index (χ1) is 10.7. The molecule has 7 heteroatoms. The molecule has 0 spiro atoms. The first-order valence-electron chi connectivity index (χ1n) is 8.24. The lowest BCUT2D eigenvalue weighted by Gasteiger charge is -2.32. The Balaban J connectivity index is 1.72. The van der Waals surface area contributed by atoms with Crippen LogP contribution in [0.4, 0.5) is 4.79 Å². The zero-order valence-corrected chi connectivity index (χ0v) is 15.5. The maximum Gasteiger partial charge on any atom is 0.315 e. The molecule has 130 valence electrons. The highest BCUT2D eigenvalue weighted by molar-refractivity contribution is 7.11. The van der Waals surface area contributed by atoms with Crippen LogP contribution < -0.4 is 10.6 Å². The molecule has 0 aliphatic carbocycles. The van der Waals surface area contributed by atoms with Crippen molar-refractivity contribution in [3.8, 4) is 0 Å². The maximum absolute atomic E-state index is 11.9. The van der Waals surface area contributed by atoms with Gasteiger partial charge in [0.1, 0.15) is 10.0 Å². The van der Waals surface area contributed by atoms with Crippen LogP contribution in [0.2, 0.25) is 0 Å². The fraction of sp³-hybridized carbons (Fsp3) is 0.812. The lowest BCUT2D eigenvalue weighted by molar-refractivity contribution is -0.0511. The molecule has 0 saturated carbocycles. The molecule has 1 unspecified atom stereocenters. The number of urea groups is 1. The first kappa shape index (κ1) is 18.1. The summed E-state index contributed by atoms with van der Waals surface area (Å²) in [6.45, 7) is 11.6. The van der Waals surface area contributed by atoms with E-state index in [4.69, 9.17) is 4.74 Å². The molecule has 2 N–H and O–H groups in total. The number of ether oxygens (including phenoxy) is 1. The molecule has 1 aliphatic heterocycles. The molecule has 0 aromatic carbocycles. The highest BCUT2D eigenvalue weighted by atomic mass is 32.1. The molecular formula is C16H28N4O2S. The Kier molecular flexibility index (Phi) is 5.97. The molecule has 2 amide bonds. The second kappa shape index (κ2) is 7.57. The molecular weight excluding hydrogens is 312 g/mol. The number of hydrogen-bond acceptors (Lipinski definition) is 5. The van der Waals surface area contributed by atoms with Crippen LogP contribution >= 0.6 is 11.3 Å². The topological polar surface area (TPSA) is 76.1 Å². The Labute approximate surface area is 142 Å². The second-order valence-corrected chi connectivity index (χ2v) is 8.47. The van der Waals surface area contributed by atoms with Gasteiger partial charge < -0.3 is 15.4 Å². The summed E-state index contributed by atoms with van der Waals surface area (Å²) in [6, 6.07) is -0.149. The normalized spacial score (nSPS) is 25.2. The SMILES string of the molecule is C[C@@H]1CC(CNC(=O)NCc2nnc(C(C)(C)C)s2)C[C@H](C)O1. The van der Waals surface area contributed by atoms with E-state index in [0.29, 0.717) is 19.0 Å². The predicted molar refractivity (Wildman–Crippen MR) is 91.6 cm³/mol. The Morgan fingerprint density at radius 1 is 1.22 bits per heavy atom. The van der Waals surface area contributed by atoms with E-state index < -0.39 is 0 Å². The van der Waals surface area contributed by atoms with Crippen LogP contribution in [0.1, 0.15) is 57.5 Å². The monoisotopic (exact) mass is 340 g/mol. The minimum Gasteiger partial charge on any atom is -0.376 e. The summed E-state index contributed by atoms with van der Waals surface area (Å²) in [5.41, 5.74) is -0.00534. The van der Waals surface area contributed by atoms with E-state index in [0.717, 1.165) is 22.9 Å². The molecule has 1 saturated heterocycles. The number of carbonyl (C=O) groups is 1. The van der Waals surface area contributed by atoms with Crippen molar-refractivity contribution in [2.75, 3.05) is 6.54 Å². The van der Waals surface area contributed by atoms with Crippen molar-refractivity contribution in [3.05, 3.63) is 10.0 Å². The number of amides is 2. The fourth-order valence-corrected chi connectivity index (χ4v) is 3.63. The highest BCUT2D eigenvalue weighted by Crippen LogP contribution is 2.25. The van der Waals surface area contributed by atoms with Gasteiger partial charge in [-0.2, -0.15) is 0 Å². The first-order valence-corrected chi connectivity index (χ1v) is 9.05. The number of rotatable bonds is 4. The largest absolute Gasteiger partial charge is 0.376 e. The lowest BCUT2D eigenvalue weighted by atomic mass is 9.92. The molecule has 1 aromatic heterocycles. The average Bonchev–Trinajstić information content (AvgIpc) is 2.91. The van der Waals surface area contributed by atoms with Gasteiger partial charge in [-0.05, 0) is 32.6 Å². The number of nitrogens with zero attached hydrogens (tertiary/aromatic N) is 2. The number of hydrogen-bond donors (Lipinski definition) is 2. The minimum absolute atomic E-state index is 0.00534. The Hall–Kier alpha value is -1.21. The fourth-order valence-electron chi connectivity index (χ4n) is 2.79. The molecule has 3 atom stereocenters. The summed E-state index contributed by atoms with van der Waals surface area (Å²) in [7, 11) is 0. The van der Waals surface area contributed by atoms with E-state index >= 15 is 0 Å². The van der Waals surface area contributed by atoms with Gasteiger partial charge in [-0.1, -0.05) is 32.1 Å². The standard InChI is InChI=1S/C16H28N4O2S/c1-10-6-12(7-11(2)22-10)8-17-15(21)18-9-13-19-20-14(23-13)16(3,4)5/h10-12H,6-9H2,1-5H3,(H2,17,18,21)/t10-,11+,12?. The van der Waals surface area contributed by atoms with Gasteiger partial charge in [0, 0.05) is 12.0 Å². The molecule has 2 rings (SSSR count). The van der Waals surface area contributed by atoms with Crippen LogP contribution in [0.25, 0.3) is 0 Å². The van der Waals surface area contributed by atoms with E-state index in [1.807, 2.05) is 0 Å². The number of carbonyl (C=O) groups excluding carboxylic acids is 1. The van der Waals surface area contributed by atoms with Crippen LogP contribution in [-0.2, 0) is 16.7 Å². The summed E-state index contributed by atoms with van der Waals surface area (Å²) < 4.78 is 5.72. The molecule has 0 bridgehead atoms. The summed E-state index contributed by atoms with van der Waals surface area (Å²) in [5.74, 6) is 0.480. The summed E-state index contributed by atoms with van der Waals surface area (Å²) >= 11 is 1.55. The summed E-state index contributed by atoms with van der Waals surface area (Å²) in [6.07, 6.45) is 2.53. The van der Waals surface area contributed by atoms with E-state index in [1.165, 1.54) is 0 Å².